The number of benzene rings is 8. The minimum atomic E-state index is -0.372. The van der Waals surface area contributed by atoms with Gasteiger partial charge in [-0.15, -0.1) is 0 Å². The maximum atomic E-state index is 4.99. The minimum Gasteiger partial charge on any atom is -0.208 e. The van der Waals surface area contributed by atoms with Crippen molar-refractivity contribution in [2.45, 2.75) is 5.41 Å². The molecule has 3 nitrogen and oxygen atoms in total. The van der Waals surface area contributed by atoms with E-state index in [2.05, 4.69) is 140 Å². The van der Waals surface area contributed by atoms with Crippen LogP contribution in [0.25, 0.3) is 78.7 Å². The lowest BCUT2D eigenvalue weighted by atomic mass is 9.70. The summed E-state index contributed by atoms with van der Waals surface area (Å²) in [4.78, 5) is 14.9. The van der Waals surface area contributed by atoms with Gasteiger partial charge in [0, 0.05) is 16.7 Å². The summed E-state index contributed by atoms with van der Waals surface area (Å²) < 4.78 is 0. The molecule has 1 spiro atoms. The average molecular weight is 700 g/mol. The van der Waals surface area contributed by atoms with Gasteiger partial charge in [-0.2, -0.15) is 0 Å². The predicted molar refractivity (Wildman–Crippen MR) is 223 cm³/mol. The van der Waals surface area contributed by atoms with Crippen molar-refractivity contribution in [1.29, 1.82) is 0 Å². The molecule has 0 aliphatic heterocycles. The lowest BCUT2D eigenvalue weighted by molar-refractivity contribution is 0.794. The van der Waals surface area contributed by atoms with E-state index in [-0.39, 0.29) is 5.41 Å². The fourth-order valence-corrected chi connectivity index (χ4v) is 8.93. The maximum absolute atomic E-state index is 4.99. The second kappa shape index (κ2) is 12.4. The largest absolute Gasteiger partial charge is 0.208 e. The van der Waals surface area contributed by atoms with Crippen LogP contribution < -0.4 is 0 Å². The molecule has 0 N–H and O–H groups in total. The van der Waals surface area contributed by atoms with E-state index in [1.807, 2.05) is 60.7 Å². The molecule has 1 heterocycles. The van der Waals surface area contributed by atoms with Gasteiger partial charge in [-0.25, -0.2) is 15.0 Å². The van der Waals surface area contributed by atoms with Crippen LogP contribution in [-0.2, 0) is 5.41 Å². The smallest absolute Gasteiger partial charge is 0.164 e. The van der Waals surface area contributed by atoms with Gasteiger partial charge < -0.3 is 0 Å². The highest BCUT2D eigenvalue weighted by Crippen LogP contribution is 2.63. The topological polar surface area (TPSA) is 38.7 Å². The van der Waals surface area contributed by atoms with E-state index in [0.717, 1.165) is 27.8 Å². The average Bonchev–Trinajstić information content (AvgIpc) is 3.74. The number of aromatic nitrogens is 3. The van der Waals surface area contributed by atoms with Crippen molar-refractivity contribution in [2.75, 3.05) is 0 Å². The van der Waals surface area contributed by atoms with E-state index in [0.29, 0.717) is 17.5 Å². The third-order valence-corrected chi connectivity index (χ3v) is 11.3. The Kier molecular flexibility index (Phi) is 7.08. The Morgan fingerprint density at radius 2 is 0.582 bits per heavy atom. The van der Waals surface area contributed by atoms with Gasteiger partial charge in [0.2, 0.25) is 0 Å². The Hall–Kier alpha value is -7.23. The van der Waals surface area contributed by atoms with Gasteiger partial charge in [0.15, 0.2) is 17.5 Å². The zero-order chi connectivity index (χ0) is 36.3. The first-order chi connectivity index (χ1) is 27.3. The van der Waals surface area contributed by atoms with Crippen LogP contribution in [0.5, 0.6) is 0 Å². The molecule has 2 aliphatic rings. The molecule has 2 aliphatic carbocycles. The molecule has 0 atom stereocenters. The minimum absolute atomic E-state index is 0.372. The SMILES string of the molecule is c1ccc(-c2nc(-c3ccccc3)nc(-c3cccc(-c4cccc(-c5ccc6c(c5)C5(c7ccccc7-c7ccccc75)c5ccccc5-6)c4)c3)n2)cc1. The lowest BCUT2D eigenvalue weighted by Gasteiger charge is -2.30. The zero-order valence-electron chi connectivity index (χ0n) is 29.9. The number of hydrogen-bond acceptors (Lipinski definition) is 3. The number of rotatable bonds is 5. The second-order valence-corrected chi connectivity index (χ2v) is 14.3. The Balaban J connectivity index is 1.02. The Labute approximate surface area is 320 Å². The van der Waals surface area contributed by atoms with Crippen LogP contribution in [0.3, 0.4) is 0 Å². The monoisotopic (exact) mass is 699 g/mol. The standard InChI is InChI=1S/C52H33N3/c1-3-15-34(16-4-1)49-53-50(35-17-5-2-6-18-35)55-51(54-49)40-22-14-21-38(32-40)36-19-13-20-37(31-36)39-29-30-44-43-25-9-12-28-47(43)52(48(44)33-39)45-26-10-7-23-41(45)42-24-8-11-27-46(42)52/h1-33H. The number of hydrogen-bond donors (Lipinski definition) is 0. The Morgan fingerprint density at radius 1 is 0.236 bits per heavy atom. The molecule has 8 aromatic carbocycles. The molecule has 0 amide bonds. The van der Waals surface area contributed by atoms with Crippen molar-refractivity contribution < 1.29 is 0 Å². The summed E-state index contributed by atoms with van der Waals surface area (Å²) in [7, 11) is 0. The van der Waals surface area contributed by atoms with Crippen LogP contribution in [0.1, 0.15) is 22.3 Å². The molecule has 0 fully saturated rings. The van der Waals surface area contributed by atoms with E-state index in [1.165, 1.54) is 55.6 Å². The number of nitrogens with zero attached hydrogens (tertiary/aromatic N) is 3. The highest BCUT2D eigenvalue weighted by Gasteiger charge is 2.51. The summed E-state index contributed by atoms with van der Waals surface area (Å²) in [6, 6.07) is 71.7. The van der Waals surface area contributed by atoms with Crippen LogP contribution in [0, 0.1) is 0 Å². The first kappa shape index (κ1) is 31.3. The Bertz CT molecular complexity index is 2810. The molecule has 0 radical (unpaired) electrons. The summed E-state index contributed by atoms with van der Waals surface area (Å²) in [5.74, 6) is 1.95. The molecular formula is C52H33N3. The molecule has 0 saturated carbocycles. The molecule has 0 unspecified atom stereocenters. The third kappa shape index (κ3) is 4.87. The molecule has 55 heavy (non-hydrogen) atoms. The maximum Gasteiger partial charge on any atom is 0.164 e. The molecule has 0 saturated heterocycles. The van der Waals surface area contributed by atoms with Crippen molar-refractivity contribution >= 4 is 0 Å². The first-order valence-corrected chi connectivity index (χ1v) is 18.8. The van der Waals surface area contributed by atoms with Crippen molar-refractivity contribution in [3.63, 3.8) is 0 Å². The van der Waals surface area contributed by atoms with Crippen molar-refractivity contribution in [1.82, 2.24) is 15.0 Å². The summed E-state index contributed by atoms with van der Waals surface area (Å²) in [5.41, 5.74) is 17.7. The second-order valence-electron chi connectivity index (χ2n) is 14.3. The molecule has 3 heteroatoms. The van der Waals surface area contributed by atoms with E-state index in [9.17, 15) is 0 Å². The van der Waals surface area contributed by atoms with Gasteiger partial charge in [-0.1, -0.05) is 182 Å². The highest BCUT2D eigenvalue weighted by atomic mass is 15.0. The molecule has 11 rings (SSSR count). The van der Waals surface area contributed by atoms with Gasteiger partial charge >= 0.3 is 0 Å². The van der Waals surface area contributed by atoms with Gasteiger partial charge in [0.1, 0.15) is 0 Å². The van der Waals surface area contributed by atoms with Crippen LogP contribution in [0.2, 0.25) is 0 Å². The normalized spacial score (nSPS) is 12.9. The molecule has 256 valence electrons. The fraction of sp³-hybridized carbons (Fsp3) is 0.0192. The van der Waals surface area contributed by atoms with Crippen LogP contribution in [0.4, 0.5) is 0 Å². The Morgan fingerprint density at radius 3 is 1.07 bits per heavy atom. The van der Waals surface area contributed by atoms with Crippen LogP contribution in [0.15, 0.2) is 200 Å². The van der Waals surface area contributed by atoms with Crippen molar-refractivity contribution in [2.24, 2.45) is 0 Å². The van der Waals surface area contributed by atoms with Crippen LogP contribution in [-0.4, -0.2) is 15.0 Å². The predicted octanol–water partition coefficient (Wildman–Crippen LogP) is 12.6. The lowest BCUT2D eigenvalue weighted by Crippen LogP contribution is -2.25. The van der Waals surface area contributed by atoms with Crippen molar-refractivity contribution in [3.8, 4) is 78.7 Å². The summed E-state index contributed by atoms with van der Waals surface area (Å²) in [5, 5.41) is 0. The van der Waals surface area contributed by atoms with E-state index >= 15 is 0 Å². The molecule has 0 bridgehead atoms. The third-order valence-electron chi connectivity index (χ3n) is 11.3. The van der Waals surface area contributed by atoms with E-state index < -0.39 is 0 Å². The fourth-order valence-electron chi connectivity index (χ4n) is 8.93. The van der Waals surface area contributed by atoms with Crippen LogP contribution >= 0.6 is 0 Å². The molecule has 1 aromatic heterocycles. The first-order valence-electron chi connectivity index (χ1n) is 18.8. The molecule has 9 aromatic rings. The zero-order valence-corrected chi connectivity index (χ0v) is 29.9. The van der Waals surface area contributed by atoms with Crippen molar-refractivity contribution in [3.05, 3.63) is 222 Å². The number of fused-ring (bicyclic) bond motifs is 10. The van der Waals surface area contributed by atoms with Gasteiger partial charge in [-0.05, 0) is 85.0 Å². The summed E-state index contributed by atoms with van der Waals surface area (Å²) in [6.45, 7) is 0. The molecular weight excluding hydrogens is 667 g/mol. The van der Waals surface area contributed by atoms with Gasteiger partial charge in [-0.3, -0.25) is 0 Å². The highest BCUT2D eigenvalue weighted by molar-refractivity contribution is 5.96. The van der Waals surface area contributed by atoms with E-state index in [4.69, 9.17) is 15.0 Å². The quantitative estimate of drug-likeness (QED) is 0.179. The summed E-state index contributed by atoms with van der Waals surface area (Å²) >= 11 is 0. The summed E-state index contributed by atoms with van der Waals surface area (Å²) in [6.07, 6.45) is 0. The van der Waals surface area contributed by atoms with E-state index in [1.54, 1.807) is 0 Å². The van der Waals surface area contributed by atoms with Gasteiger partial charge in [0.25, 0.3) is 0 Å². The van der Waals surface area contributed by atoms with Gasteiger partial charge in [0.05, 0.1) is 5.41 Å².